The molecule has 0 spiro atoms. The van der Waals surface area contributed by atoms with Gasteiger partial charge in [0, 0.05) is 13.7 Å². The second-order valence-electron chi connectivity index (χ2n) is 3.04. The number of methoxy groups -OCH3 is 1. The van der Waals surface area contributed by atoms with E-state index in [-0.39, 0.29) is 25.4 Å². The highest BCUT2D eigenvalue weighted by Gasteiger charge is 2.12. The SMILES string of the molecule is CCNCC(=O)NCC(CC(=O)O)OC. The normalized spacial score (nSPS) is 12.1. The lowest BCUT2D eigenvalue weighted by Crippen LogP contribution is -2.39. The second-order valence-corrected chi connectivity index (χ2v) is 3.04. The van der Waals surface area contributed by atoms with Gasteiger partial charge in [0.2, 0.25) is 5.91 Å². The van der Waals surface area contributed by atoms with Crippen molar-refractivity contribution < 1.29 is 19.4 Å². The zero-order valence-electron chi connectivity index (χ0n) is 9.08. The molecule has 15 heavy (non-hydrogen) atoms. The van der Waals surface area contributed by atoms with Crippen molar-refractivity contribution in [1.29, 1.82) is 0 Å². The first-order valence-electron chi connectivity index (χ1n) is 4.82. The van der Waals surface area contributed by atoms with Crippen molar-refractivity contribution in [3.05, 3.63) is 0 Å². The van der Waals surface area contributed by atoms with E-state index in [0.717, 1.165) is 6.54 Å². The number of hydrogen-bond donors (Lipinski definition) is 3. The second kappa shape index (κ2) is 8.19. The van der Waals surface area contributed by atoms with Crippen LogP contribution < -0.4 is 10.6 Å². The summed E-state index contributed by atoms with van der Waals surface area (Å²) in [6.45, 7) is 3.07. The van der Waals surface area contributed by atoms with E-state index in [1.165, 1.54) is 7.11 Å². The molecule has 0 aromatic carbocycles. The molecule has 88 valence electrons. The third-order valence-corrected chi connectivity index (χ3v) is 1.80. The molecule has 0 saturated heterocycles. The van der Waals surface area contributed by atoms with Crippen molar-refractivity contribution in [3.8, 4) is 0 Å². The topological polar surface area (TPSA) is 87.7 Å². The van der Waals surface area contributed by atoms with Crippen LogP contribution in [0, 0.1) is 0 Å². The van der Waals surface area contributed by atoms with Gasteiger partial charge < -0.3 is 20.5 Å². The van der Waals surface area contributed by atoms with Crippen LogP contribution in [0.5, 0.6) is 0 Å². The maximum absolute atomic E-state index is 11.1. The van der Waals surface area contributed by atoms with Gasteiger partial charge in [-0.3, -0.25) is 9.59 Å². The van der Waals surface area contributed by atoms with Crippen LogP contribution in [-0.4, -0.2) is 49.8 Å². The van der Waals surface area contributed by atoms with Crippen molar-refractivity contribution in [2.24, 2.45) is 0 Å². The molecule has 6 nitrogen and oxygen atoms in total. The highest BCUT2D eigenvalue weighted by Crippen LogP contribution is 1.94. The summed E-state index contributed by atoms with van der Waals surface area (Å²) in [5.74, 6) is -1.10. The van der Waals surface area contributed by atoms with Crippen molar-refractivity contribution in [1.82, 2.24) is 10.6 Å². The number of ether oxygens (including phenoxy) is 1. The van der Waals surface area contributed by atoms with Crippen LogP contribution in [0.3, 0.4) is 0 Å². The number of carboxylic acid groups (broad SMARTS) is 1. The number of aliphatic carboxylic acids is 1. The maximum atomic E-state index is 11.1. The van der Waals surface area contributed by atoms with E-state index in [2.05, 4.69) is 10.6 Å². The lowest BCUT2D eigenvalue weighted by Gasteiger charge is -2.13. The van der Waals surface area contributed by atoms with Crippen LogP contribution in [0.4, 0.5) is 0 Å². The van der Waals surface area contributed by atoms with Gasteiger partial charge in [-0.2, -0.15) is 0 Å². The van der Waals surface area contributed by atoms with Crippen molar-refractivity contribution in [3.63, 3.8) is 0 Å². The highest BCUT2D eigenvalue weighted by molar-refractivity contribution is 5.78. The predicted octanol–water partition coefficient (Wildman–Crippen LogP) is -0.798. The Kier molecular flexibility index (Phi) is 7.57. The van der Waals surface area contributed by atoms with Crippen LogP contribution >= 0.6 is 0 Å². The van der Waals surface area contributed by atoms with Gasteiger partial charge in [-0.1, -0.05) is 6.92 Å². The van der Waals surface area contributed by atoms with Gasteiger partial charge in [-0.15, -0.1) is 0 Å². The van der Waals surface area contributed by atoms with Crippen molar-refractivity contribution in [2.75, 3.05) is 26.7 Å². The molecule has 3 N–H and O–H groups in total. The minimum atomic E-state index is -0.942. The van der Waals surface area contributed by atoms with Crippen molar-refractivity contribution >= 4 is 11.9 Å². The highest BCUT2D eigenvalue weighted by atomic mass is 16.5. The molecule has 0 bridgehead atoms. The molecule has 0 heterocycles. The Bertz CT molecular complexity index is 208. The van der Waals surface area contributed by atoms with Gasteiger partial charge in [0.1, 0.15) is 0 Å². The van der Waals surface area contributed by atoms with Crippen LogP contribution in [-0.2, 0) is 14.3 Å². The Morgan fingerprint density at radius 1 is 1.47 bits per heavy atom. The quantitative estimate of drug-likeness (QED) is 0.496. The van der Waals surface area contributed by atoms with Crippen molar-refractivity contribution in [2.45, 2.75) is 19.4 Å². The smallest absolute Gasteiger partial charge is 0.306 e. The number of amides is 1. The largest absolute Gasteiger partial charge is 0.481 e. The molecule has 0 saturated carbocycles. The number of rotatable bonds is 8. The Morgan fingerprint density at radius 3 is 2.60 bits per heavy atom. The summed E-state index contributed by atoms with van der Waals surface area (Å²) in [4.78, 5) is 21.5. The first-order chi connectivity index (χ1) is 7.10. The van der Waals surface area contributed by atoms with E-state index < -0.39 is 12.1 Å². The van der Waals surface area contributed by atoms with Gasteiger partial charge >= 0.3 is 5.97 Å². The average Bonchev–Trinajstić information content (AvgIpc) is 2.20. The monoisotopic (exact) mass is 218 g/mol. The fraction of sp³-hybridized carbons (Fsp3) is 0.778. The van der Waals surface area contributed by atoms with E-state index in [4.69, 9.17) is 9.84 Å². The predicted molar refractivity (Wildman–Crippen MR) is 54.6 cm³/mol. The Labute approximate surface area is 89.0 Å². The molecule has 1 unspecified atom stereocenters. The third kappa shape index (κ3) is 7.90. The summed E-state index contributed by atoms with van der Waals surface area (Å²) in [5, 5.41) is 14.0. The Balaban J connectivity index is 3.69. The van der Waals surface area contributed by atoms with Crippen LogP contribution in [0.25, 0.3) is 0 Å². The van der Waals surface area contributed by atoms with E-state index in [1.807, 2.05) is 6.92 Å². The van der Waals surface area contributed by atoms with Gasteiger partial charge in [0.05, 0.1) is 19.1 Å². The summed E-state index contributed by atoms with van der Waals surface area (Å²) in [6, 6.07) is 0. The standard InChI is InChI=1S/C9H18N2O4/c1-3-10-6-8(12)11-5-7(15-2)4-9(13)14/h7,10H,3-6H2,1-2H3,(H,11,12)(H,13,14). The van der Waals surface area contributed by atoms with Crippen LogP contribution in [0.15, 0.2) is 0 Å². The summed E-state index contributed by atoms with van der Waals surface area (Å²) < 4.78 is 4.90. The zero-order chi connectivity index (χ0) is 11.7. The van der Waals surface area contributed by atoms with Gasteiger partial charge in [-0.05, 0) is 6.54 Å². The Hall–Kier alpha value is -1.14. The number of carboxylic acids is 1. The molecule has 0 aliphatic carbocycles. The average molecular weight is 218 g/mol. The van der Waals surface area contributed by atoms with E-state index >= 15 is 0 Å². The molecule has 0 aromatic heterocycles. The lowest BCUT2D eigenvalue weighted by molar-refractivity contribution is -0.140. The fourth-order valence-electron chi connectivity index (χ4n) is 0.962. The molecule has 0 aliphatic rings. The van der Waals surface area contributed by atoms with Gasteiger partial charge in [0.15, 0.2) is 0 Å². The summed E-state index contributed by atoms with van der Waals surface area (Å²) in [7, 11) is 1.42. The molecule has 0 radical (unpaired) electrons. The summed E-state index contributed by atoms with van der Waals surface area (Å²) in [6.07, 6.45) is -0.592. The van der Waals surface area contributed by atoms with Crippen LogP contribution in [0.1, 0.15) is 13.3 Å². The third-order valence-electron chi connectivity index (χ3n) is 1.80. The van der Waals surface area contributed by atoms with Gasteiger partial charge in [-0.25, -0.2) is 0 Å². The molecular formula is C9H18N2O4. The number of hydrogen-bond acceptors (Lipinski definition) is 4. The first-order valence-corrected chi connectivity index (χ1v) is 4.82. The lowest BCUT2D eigenvalue weighted by atomic mass is 10.2. The molecular weight excluding hydrogens is 200 g/mol. The van der Waals surface area contributed by atoms with Crippen LogP contribution in [0.2, 0.25) is 0 Å². The maximum Gasteiger partial charge on any atom is 0.306 e. The van der Waals surface area contributed by atoms with Gasteiger partial charge in [0.25, 0.3) is 0 Å². The molecule has 0 aliphatic heterocycles. The Morgan fingerprint density at radius 2 is 2.13 bits per heavy atom. The molecule has 0 aromatic rings. The molecule has 1 amide bonds. The minimum absolute atomic E-state index is 0.113. The minimum Gasteiger partial charge on any atom is -0.481 e. The fourth-order valence-corrected chi connectivity index (χ4v) is 0.962. The summed E-state index contributed by atoms with van der Waals surface area (Å²) >= 11 is 0. The first kappa shape index (κ1) is 13.9. The molecule has 1 atom stereocenters. The number of carbonyl (C=O) groups is 2. The number of likely N-dealkylation sites (N-methyl/N-ethyl adjacent to an activating group) is 1. The van der Waals surface area contributed by atoms with E-state index in [0.29, 0.717) is 0 Å². The number of carbonyl (C=O) groups excluding carboxylic acids is 1. The molecule has 0 rings (SSSR count). The molecule has 6 heteroatoms. The summed E-state index contributed by atoms with van der Waals surface area (Å²) in [5.41, 5.74) is 0. The van der Waals surface area contributed by atoms with E-state index in [9.17, 15) is 9.59 Å². The zero-order valence-corrected chi connectivity index (χ0v) is 9.08. The number of nitrogens with one attached hydrogen (secondary N) is 2. The van der Waals surface area contributed by atoms with E-state index in [1.54, 1.807) is 0 Å². The molecule has 0 fully saturated rings.